The van der Waals surface area contributed by atoms with E-state index in [1.807, 2.05) is 30.3 Å². The molecule has 2 aromatic carbocycles. The van der Waals surface area contributed by atoms with Crippen LogP contribution in [0, 0.1) is 0 Å². The summed E-state index contributed by atoms with van der Waals surface area (Å²) in [6.45, 7) is 2.10. The number of ether oxygens (including phenoxy) is 2. The molecule has 6 nitrogen and oxygen atoms in total. The van der Waals surface area contributed by atoms with Crippen LogP contribution in [0.5, 0.6) is 11.5 Å². The van der Waals surface area contributed by atoms with Gasteiger partial charge in [-0.2, -0.15) is 0 Å². The van der Waals surface area contributed by atoms with Crippen LogP contribution in [0.1, 0.15) is 17.0 Å². The summed E-state index contributed by atoms with van der Waals surface area (Å²) in [6.07, 6.45) is 0. The molecule has 4 rings (SSSR count). The first kappa shape index (κ1) is 21.1. The lowest BCUT2D eigenvalue weighted by Gasteiger charge is -2.17. The largest absolute Gasteiger partial charge is 0.497 e. The van der Waals surface area contributed by atoms with E-state index >= 15 is 0 Å². The smallest absolute Gasteiger partial charge is 0.146 e. The van der Waals surface area contributed by atoms with E-state index in [2.05, 4.69) is 46.9 Å². The lowest BCUT2D eigenvalue weighted by Crippen LogP contribution is -2.19. The van der Waals surface area contributed by atoms with Crippen molar-refractivity contribution in [3.8, 4) is 11.5 Å². The summed E-state index contributed by atoms with van der Waals surface area (Å²) in [4.78, 5) is 12.8. The Kier molecular flexibility index (Phi) is 6.64. The molecule has 0 saturated carbocycles. The van der Waals surface area contributed by atoms with Gasteiger partial charge < -0.3 is 14.8 Å². The Morgan fingerprint density at radius 1 is 0.903 bits per heavy atom. The van der Waals surface area contributed by atoms with Gasteiger partial charge in [0.05, 0.1) is 26.2 Å². The third-order valence-electron chi connectivity index (χ3n) is 4.96. The number of hydrogen-bond donors (Lipinski definition) is 1. The molecule has 0 fully saturated rings. The van der Waals surface area contributed by atoms with Crippen LogP contribution in [0.4, 0.5) is 5.82 Å². The van der Waals surface area contributed by atoms with Crippen LogP contribution in [0.2, 0.25) is 0 Å². The van der Waals surface area contributed by atoms with E-state index in [1.54, 1.807) is 25.6 Å². The molecule has 2 heterocycles. The minimum Gasteiger partial charge on any atom is -0.497 e. The fourth-order valence-electron chi connectivity index (χ4n) is 3.45. The molecule has 1 N–H and O–H groups in total. The number of nitrogens with one attached hydrogen (secondary N) is 1. The van der Waals surface area contributed by atoms with Crippen LogP contribution < -0.4 is 14.8 Å². The van der Waals surface area contributed by atoms with Crippen LogP contribution in [0.3, 0.4) is 0 Å². The minimum absolute atomic E-state index is 0.652. The Morgan fingerprint density at radius 2 is 1.61 bits per heavy atom. The third kappa shape index (κ3) is 5.31. The third-order valence-corrected chi connectivity index (χ3v) is 5.77. The van der Waals surface area contributed by atoms with Gasteiger partial charge >= 0.3 is 0 Å². The maximum absolute atomic E-state index is 5.33. The molecule has 0 aliphatic rings. The van der Waals surface area contributed by atoms with Crippen molar-refractivity contribution in [3.05, 3.63) is 76.9 Å². The molecule has 31 heavy (non-hydrogen) atoms. The molecule has 2 aromatic heterocycles. The van der Waals surface area contributed by atoms with Crippen molar-refractivity contribution < 1.29 is 9.47 Å². The number of nitrogens with zero attached hydrogens (tertiary/aromatic N) is 3. The Morgan fingerprint density at radius 3 is 2.35 bits per heavy atom. The van der Waals surface area contributed by atoms with Gasteiger partial charge in [0.1, 0.15) is 28.0 Å². The van der Waals surface area contributed by atoms with E-state index in [0.29, 0.717) is 13.1 Å². The molecule has 0 saturated heterocycles. The number of hydrogen-bond acceptors (Lipinski definition) is 7. The van der Waals surface area contributed by atoms with Gasteiger partial charge in [-0.05, 0) is 53.9 Å². The van der Waals surface area contributed by atoms with Crippen molar-refractivity contribution in [1.82, 2.24) is 14.9 Å². The SMILES string of the molecule is COc1cccc(CNc2nc(CN(C)Cc3cccc(OC)c3)nc3sccc23)c1. The van der Waals surface area contributed by atoms with Gasteiger partial charge in [0.2, 0.25) is 0 Å². The number of rotatable bonds is 9. The van der Waals surface area contributed by atoms with Crippen molar-refractivity contribution in [2.75, 3.05) is 26.6 Å². The number of benzene rings is 2. The van der Waals surface area contributed by atoms with Gasteiger partial charge in [-0.1, -0.05) is 24.3 Å². The number of anilines is 1. The normalized spacial score (nSPS) is 11.1. The van der Waals surface area contributed by atoms with Crippen LogP contribution in [-0.2, 0) is 19.6 Å². The Balaban J connectivity index is 1.49. The van der Waals surface area contributed by atoms with Gasteiger partial charge in [0.25, 0.3) is 0 Å². The second-order valence-corrected chi connectivity index (χ2v) is 8.25. The maximum Gasteiger partial charge on any atom is 0.146 e. The van der Waals surface area contributed by atoms with Gasteiger partial charge in [0.15, 0.2) is 0 Å². The molecule has 0 aliphatic carbocycles. The van der Waals surface area contributed by atoms with Crippen LogP contribution in [0.25, 0.3) is 10.2 Å². The molecule has 0 amide bonds. The molecule has 160 valence electrons. The van der Waals surface area contributed by atoms with Crippen molar-refractivity contribution in [3.63, 3.8) is 0 Å². The highest BCUT2D eigenvalue weighted by Gasteiger charge is 2.11. The molecular formula is C24H26N4O2S. The summed E-state index contributed by atoms with van der Waals surface area (Å²) in [6, 6.07) is 18.2. The highest BCUT2D eigenvalue weighted by Crippen LogP contribution is 2.26. The molecule has 7 heteroatoms. The van der Waals surface area contributed by atoms with E-state index in [9.17, 15) is 0 Å². The van der Waals surface area contributed by atoms with Crippen LogP contribution in [0.15, 0.2) is 60.0 Å². The Bertz CT molecular complexity index is 1160. The van der Waals surface area contributed by atoms with Crippen molar-refractivity contribution in [2.24, 2.45) is 0 Å². The lowest BCUT2D eigenvalue weighted by molar-refractivity contribution is 0.310. The van der Waals surface area contributed by atoms with Crippen molar-refractivity contribution in [2.45, 2.75) is 19.6 Å². The number of thiophene rings is 1. The fourth-order valence-corrected chi connectivity index (χ4v) is 4.24. The summed E-state index contributed by atoms with van der Waals surface area (Å²) < 4.78 is 10.7. The van der Waals surface area contributed by atoms with E-state index in [0.717, 1.165) is 45.5 Å². The Labute approximate surface area is 186 Å². The number of fused-ring (bicyclic) bond motifs is 1. The molecule has 0 bridgehead atoms. The molecule has 0 unspecified atom stereocenters. The summed E-state index contributed by atoms with van der Waals surface area (Å²) in [5, 5.41) is 6.59. The highest BCUT2D eigenvalue weighted by molar-refractivity contribution is 7.16. The zero-order chi connectivity index (χ0) is 21.6. The average molecular weight is 435 g/mol. The topological polar surface area (TPSA) is 59.5 Å². The van der Waals surface area contributed by atoms with Crippen LogP contribution in [-0.4, -0.2) is 36.1 Å². The van der Waals surface area contributed by atoms with Gasteiger partial charge in [-0.3, -0.25) is 4.90 Å². The summed E-state index contributed by atoms with van der Waals surface area (Å²) >= 11 is 1.63. The molecule has 0 aliphatic heterocycles. The minimum atomic E-state index is 0.652. The highest BCUT2D eigenvalue weighted by atomic mass is 32.1. The zero-order valence-electron chi connectivity index (χ0n) is 18.0. The predicted octanol–water partition coefficient (Wildman–Crippen LogP) is 4.95. The average Bonchev–Trinajstić information content (AvgIpc) is 3.26. The van der Waals surface area contributed by atoms with E-state index in [1.165, 1.54) is 5.56 Å². The first-order chi connectivity index (χ1) is 15.1. The molecule has 0 atom stereocenters. The predicted molar refractivity (Wildman–Crippen MR) is 126 cm³/mol. The lowest BCUT2D eigenvalue weighted by atomic mass is 10.2. The second-order valence-electron chi connectivity index (χ2n) is 7.36. The number of methoxy groups -OCH3 is 2. The summed E-state index contributed by atoms with van der Waals surface area (Å²) in [5.74, 6) is 3.38. The molecule has 4 aromatic rings. The molecule has 0 spiro atoms. The van der Waals surface area contributed by atoms with Gasteiger partial charge in [-0.15, -0.1) is 11.3 Å². The first-order valence-electron chi connectivity index (χ1n) is 10.1. The Hall–Kier alpha value is -3.16. The van der Waals surface area contributed by atoms with Crippen molar-refractivity contribution >= 4 is 27.4 Å². The second kappa shape index (κ2) is 9.76. The monoisotopic (exact) mass is 434 g/mol. The quantitative estimate of drug-likeness (QED) is 0.402. The maximum atomic E-state index is 5.33. The van der Waals surface area contributed by atoms with Gasteiger partial charge in [-0.25, -0.2) is 9.97 Å². The number of aromatic nitrogens is 2. The van der Waals surface area contributed by atoms with Gasteiger partial charge in [0, 0.05) is 13.1 Å². The van der Waals surface area contributed by atoms with Crippen molar-refractivity contribution in [1.29, 1.82) is 0 Å². The van der Waals surface area contributed by atoms with E-state index < -0.39 is 0 Å². The first-order valence-corrected chi connectivity index (χ1v) is 10.9. The zero-order valence-corrected chi connectivity index (χ0v) is 18.8. The molecule has 0 radical (unpaired) electrons. The molecular weight excluding hydrogens is 408 g/mol. The summed E-state index contributed by atoms with van der Waals surface area (Å²) in [7, 11) is 5.44. The van der Waals surface area contributed by atoms with E-state index in [-0.39, 0.29) is 0 Å². The van der Waals surface area contributed by atoms with Crippen LogP contribution >= 0.6 is 11.3 Å². The van der Waals surface area contributed by atoms with E-state index in [4.69, 9.17) is 19.4 Å². The summed E-state index contributed by atoms with van der Waals surface area (Å²) in [5.41, 5.74) is 2.33. The fraction of sp³-hybridized carbons (Fsp3) is 0.250. The standard InChI is InChI=1S/C24H26N4O2S/c1-28(15-18-7-5-9-20(13-18)30-3)16-22-26-23(21-10-11-31-24(21)27-22)25-14-17-6-4-8-19(12-17)29-2/h4-13H,14-16H2,1-3H3,(H,25,26,27).